The standard InChI is InChI=1S/C20H24N2O2.ClH/c1-15-13-18(11-12-21-15)22-20(23)17-7-9-19(10-8-17)24-14-16-5-3-2-4-6-16;/h2-10,15,18,21H,11-14H2,1H3,(H,22,23);1H. The van der Waals surface area contributed by atoms with Gasteiger partial charge in [-0.15, -0.1) is 12.4 Å². The number of piperidine rings is 1. The van der Waals surface area contributed by atoms with Crippen LogP contribution in [0.1, 0.15) is 35.7 Å². The third-order valence-corrected chi connectivity index (χ3v) is 4.32. The van der Waals surface area contributed by atoms with Crippen molar-refractivity contribution in [1.29, 1.82) is 0 Å². The van der Waals surface area contributed by atoms with E-state index in [0.29, 0.717) is 18.2 Å². The summed E-state index contributed by atoms with van der Waals surface area (Å²) in [7, 11) is 0. The first-order chi connectivity index (χ1) is 11.7. The molecular formula is C20H25ClN2O2. The molecule has 0 radical (unpaired) electrons. The second-order valence-electron chi connectivity index (χ2n) is 6.35. The lowest BCUT2D eigenvalue weighted by molar-refractivity contribution is 0.0925. The Hall–Kier alpha value is -2.04. The van der Waals surface area contributed by atoms with Crippen LogP contribution >= 0.6 is 12.4 Å². The Bertz CT molecular complexity index is 661. The van der Waals surface area contributed by atoms with E-state index in [1.54, 1.807) is 0 Å². The van der Waals surface area contributed by atoms with Gasteiger partial charge in [-0.3, -0.25) is 4.79 Å². The molecule has 2 unspecified atom stereocenters. The summed E-state index contributed by atoms with van der Waals surface area (Å²) in [5.74, 6) is 0.759. The van der Waals surface area contributed by atoms with Gasteiger partial charge in [0.05, 0.1) is 0 Å². The predicted octanol–water partition coefficient (Wildman–Crippen LogP) is 3.56. The Labute approximate surface area is 155 Å². The summed E-state index contributed by atoms with van der Waals surface area (Å²) in [5.41, 5.74) is 1.80. The van der Waals surface area contributed by atoms with E-state index in [2.05, 4.69) is 17.6 Å². The highest BCUT2D eigenvalue weighted by Crippen LogP contribution is 2.15. The number of rotatable bonds is 5. The Balaban J connectivity index is 0.00000225. The number of nitrogens with one attached hydrogen (secondary N) is 2. The molecule has 134 valence electrons. The minimum Gasteiger partial charge on any atom is -0.489 e. The number of carbonyl (C=O) groups is 1. The van der Waals surface area contributed by atoms with Crippen molar-refractivity contribution in [3.63, 3.8) is 0 Å². The Morgan fingerprint density at radius 2 is 1.88 bits per heavy atom. The first-order valence-corrected chi connectivity index (χ1v) is 8.52. The molecule has 1 aliphatic rings. The van der Waals surface area contributed by atoms with E-state index in [1.807, 2.05) is 54.6 Å². The molecule has 2 aromatic rings. The average molecular weight is 361 g/mol. The summed E-state index contributed by atoms with van der Waals surface area (Å²) in [6.45, 7) is 3.63. The topological polar surface area (TPSA) is 50.4 Å². The van der Waals surface area contributed by atoms with Gasteiger partial charge < -0.3 is 15.4 Å². The van der Waals surface area contributed by atoms with Crippen molar-refractivity contribution in [2.45, 2.75) is 38.5 Å². The van der Waals surface area contributed by atoms with E-state index in [1.165, 1.54) is 0 Å². The van der Waals surface area contributed by atoms with Gasteiger partial charge in [0.2, 0.25) is 0 Å². The normalized spacial score (nSPS) is 19.6. The Morgan fingerprint density at radius 1 is 1.16 bits per heavy atom. The zero-order valence-electron chi connectivity index (χ0n) is 14.4. The van der Waals surface area contributed by atoms with Crippen molar-refractivity contribution >= 4 is 18.3 Å². The van der Waals surface area contributed by atoms with E-state index in [9.17, 15) is 4.79 Å². The van der Waals surface area contributed by atoms with Crippen molar-refractivity contribution in [3.8, 4) is 5.75 Å². The lowest BCUT2D eigenvalue weighted by Gasteiger charge is -2.28. The van der Waals surface area contributed by atoms with Crippen LogP contribution in [0.25, 0.3) is 0 Å². The first kappa shape index (κ1) is 19.3. The van der Waals surface area contributed by atoms with Gasteiger partial charge in [-0.2, -0.15) is 0 Å². The molecule has 0 aliphatic carbocycles. The van der Waals surface area contributed by atoms with E-state index < -0.39 is 0 Å². The smallest absolute Gasteiger partial charge is 0.251 e. The lowest BCUT2D eigenvalue weighted by atomic mass is 10.0. The fraction of sp³-hybridized carbons (Fsp3) is 0.350. The van der Waals surface area contributed by atoms with Gasteiger partial charge in [0.25, 0.3) is 5.91 Å². The molecule has 0 spiro atoms. The van der Waals surface area contributed by atoms with Gasteiger partial charge in [-0.25, -0.2) is 0 Å². The molecule has 2 aromatic carbocycles. The molecule has 2 N–H and O–H groups in total. The third-order valence-electron chi connectivity index (χ3n) is 4.32. The Morgan fingerprint density at radius 3 is 2.56 bits per heavy atom. The van der Waals surface area contributed by atoms with Crippen molar-refractivity contribution in [2.24, 2.45) is 0 Å². The highest BCUT2D eigenvalue weighted by atomic mass is 35.5. The molecule has 2 atom stereocenters. The minimum absolute atomic E-state index is 0. The summed E-state index contributed by atoms with van der Waals surface area (Å²) in [4.78, 5) is 12.3. The Kier molecular flexibility index (Phi) is 7.29. The quantitative estimate of drug-likeness (QED) is 0.857. The second-order valence-corrected chi connectivity index (χ2v) is 6.35. The largest absolute Gasteiger partial charge is 0.489 e. The number of hydrogen-bond donors (Lipinski definition) is 2. The molecule has 25 heavy (non-hydrogen) atoms. The molecule has 0 bridgehead atoms. The average Bonchev–Trinajstić information content (AvgIpc) is 2.61. The molecule has 0 aromatic heterocycles. The van der Waals surface area contributed by atoms with E-state index in [-0.39, 0.29) is 24.4 Å². The third kappa shape index (κ3) is 5.76. The van der Waals surface area contributed by atoms with Crippen LogP contribution in [0.15, 0.2) is 54.6 Å². The van der Waals surface area contributed by atoms with Crippen LogP contribution < -0.4 is 15.4 Å². The molecule has 1 amide bonds. The summed E-state index contributed by atoms with van der Waals surface area (Å²) < 4.78 is 5.75. The maximum absolute atomic E-state index is 12.3. The number of carbonyl (C=O) groups excluding carboxylic acids is 1. The summed E-state index contributed by atoms with van der Waals surface area (Å²) >= 11 is 0. The molecule has 0 saturated carbocycles. The molecular weight excluding hydrogens is 336 g/mol. The zero-order chi connectivity index (χ0) is 16.8. The van der Waals surface area contributed by atoms with Crippen molar-refractivity contribution < 1.29 is 9.53 Å². The number of halogens is 1. The zero-order valence-corrected chi connectivity index (χ0v) is 15.2. The first-order valence-electron chi connectivity index (χ1n) is 8.52. The van der Waals surface area contributed by atoms with Crippen molar-refractivity contribution in [3.05, 3.63) is 65.7 Å². The molecule has 1 aliphatic heterocycles. The van der Waals surface area contributed by atoms with Crippen LogP contribution in [0.3, 0.4) is 0 Å². The molecule has 1 fully saturated rings. The summed E-state index contributed by atoms with van der Waals surface area (Å²) in [6.07, 6.45) is 1.96. The number of amides is 1. The number of benzene rings is 2. The van der Waals surface area contributed by atoms with E-state index in [0.717, 1.165) is 30.7 Å². The van der Waals surface area contributed by atoms with Gasteiger partial charge >= 0.3 is 0 Å². The van der Waals surface area contributed by atoms with Crippen LogP contribution in [0.2, 0.25) is 0 Å². The second kappa shape index (κ2) is 9.44. The minimum atomic E-state index is -0.0105. The fourth-order valence-electron chi connectivity index (χ4n) is 2.98. The SMILES string of the molecule is CC1CC(NC(=O)c2ccc(OCc3ccccc3)cc2)CCN1.Cl. The molecule has 1 heterocycles. The van der Waals surface area contributed by atoms with Crippen molar-refractivity contribution in [1.82, 2.24) is 10.6 Å². The highest BCUT2D eigenvalue weighted by Gasteiger charge is 2.20. The van der Waals surface area contributed by atoms with Crippen molar-refractivity contribution in [2.75, 3.05) is 6.54 Å². The van der Waals surface area contributed by atoms with E-state index >= 15 is 0 Å². The van der Waals surface area contributed by atoms with Crippen LogP contribution in [0, 0.1) is 0 Å². The van der Waals surface area contributed by atoms with Gasteiger partial charge in [-0.1, -0.05) is 30.3 Å². The predicted molar refractivity (Wildman–Crippen MR) is 102 cm³/mol. The van der Waals surface area contributed by atoms with Crippen LogP contribution in [-0.4, -0.2) is 24.5 Å². The van der Waals surface area contributed by atoms with E-state index in [4.69, 9.17) is 4.74 Å². The fourth-order valence-corrected chi connectivity index (χ4v) is 2.98. The highest BCUT2D eigenvalue weighted by molar-refractivity contribution is 5.94. The lowest BCUT2D eigenvalue weighted by Crippen LogP contribution is -2.46. The van der Waals surface area contributed by atoms with Crippen LogP contribution in [0.4, 0.5) is 0 Å². The summed E-state index contributed by atoms with van der Waals surface area (Å²) in [6, 6.07) is 18.1. The van der Waals surface area contributed by atoms with Crippen LogP contribution in [-0.2, 0) is 6.61 Å². The van der Waals surface area contributed by atoms with Gasteiger partial charge in [0, 0.05) is 17.6 Å². The van der Waals surface area contributed by atoms with Gasteiger partial charge in [0.15, 0.2) is 0 Å². The number of ether oxygens (including phenoxy) is 1. The number of hydrogen-bond acceptors (Lipinski definition) is 3. The summed E-state index contributed by atoms with van der Waals surface area (Å²) in [5, 5.41) is 6.52. The molecule has 1 saturated heterocycles. The molecule has 5 heteroatoms. The van der Waals surface area contributed by atoms with Gasteiger partial charge in [-0.05, 0) is 56.1 Å². The molecule has 4 nitrogen and oxygen atoms in total. The monoisotopic (exact) mass is 360 g/mol. The maximum Gasteiger partial charge on any atom is 0.251 e. The molecule has 3 rings (SSSR count). The maximum atomic E-state index is 12.3. The van der Waals surface area contributed by atoms with Gasteiger partial charge in [0.1, 0.15) is 12.4 Å². The van der Waals surface area contributed by atoms with Crippen LogP contribution in [0.5, 0.6) is 5.75 Å².